The van der Waals surface area contributed by atoms with Crippen molar-refractivity contribution in [2.45, 2.75) is 64.3 Å². The number of rotatable bonds is 10. The van der Waals surface area contributed by atoms with Crippen molar-refractivity contribution >= 4 is 29.6 Å². The molecular formula is C29H38N2O5S. The van der Waals surface area contributed by atoms with Crippen LogP contribution in [0.4, 0.5) is 0 Å². The Morgan fingerprint density at radius 3 is 2.32 bits per heavy atom. The van der Waals surface area contributed by atoms with Gasteiger partial charge in [0.25, 0.3) is 0 Å². The van der Waals surface area contributed by atoms with Crippen LogP contribution in [0.5, 0.6) is 0 Å². The minimum Gasteiger partial charge on any atom is -0.465 e. The quantitative estimate of drug-likeness (QED) is 0.465. The molecule has 3 rings (SSSR count). The van der Waals surface area contributed by atoms with Crippen molar-refractivity contribution in [2.75, 3.05) is 24.7 Å². The summed E-state index contributed by atoms with van der Waals surface area (Å²) in [6, 6.07) is 18.0. The molecule has 1 saturated heterocycles. The lowest BCUT2D eigenvalue weighted by molar-refractivity contribution is -0.160. The van der Waals surface area contributed by atoms with E-state index >= 15 is 0 Å². The highest BCUT2D eigenvalue weighted by Gasteiger charge is 2.38. The number of benzene rings is 2. The second kappa shape index (κ2) is 13.6. The molecule has 8 heteroatoms. The number of hydrogen-bond acceptors (Lipinski definition) is 7. The Hall–Kier alpha value is -2.84. The normalized spacial score (nSPS) is 19.1. The topological polar surface area (TPSA) is 84.9 Å². The van der Waals surface area contributed by atoms with Gasteiger partial charge in [-0.15, -0.1) is 0 Å². The molecule has 7 nitrogen and oxygen atoms in total. The van der Waals surface area contributed by atoms with E-state index in [0.29, 0.717) is 24.3 Å². The number of amides is 1. The van der Waals surface area contributed by atoms with Crippen LogP contribution in [0.2, 0.25) is 0 Å². The third-order valence-corrected chi connectivity index (χ3v) is 7.08. The molecule has 1 amide bonds. The van der Waals surface area contributed by atoms with Crippen LogP contribution in [0.3, 0.4) is 0 Å². The zero-order chi connectivity index (χ0) is 26.8. The molecule has 3 atom stereocenters. The molecule has 0 aromatic heterocycles. The lowest BCUT2D eigenvalue weighted by Gasteiger charge is -2.33. The fourth-order valence-electron chi connectivity index (χ4n) is 4.29. The van der Waals surface area contributed by atoms with E-state index in [1.807, 2.05) is 60.7 Å². The molecule has 1 heterocycles. The van der Waals surface area contributed by atoms with Crippen molar-refractivity contribution in [2.24, 2.45) is 0 Å². The lowest BCUT2D eigenvalue weighted by atomic mass is 10.0. The molecule has 0 aliphatic carbocycles. The number of ether oxygens (including phenoxy) is 2. The lowest BCUT2D eigenvalue weighted by Crippen LogP contribution is -2.54. The van der Waals surface area contributed by atoms with Crippen LogP contribution in [0.15, 0.2) is 60.7 Å². The minimum absolute atomic E-state index is 0.164. The molecule has 0 bridgehead atoms. The van der Waals surface area contributed by atoms with E-state index in [0.717, 1.165) is 11.1 Å². The van der Waals surface area contributed by atoms with Crippen molar-refractivity contribution in [1.29, 1.82) is 0 Å². The molecular weight excluding hydrogens is 488 g/mol. The maximum Gasteiger partial charge on any atom is 0.326 e. The van der Waals surface area contributed by atoms with Crippen LogP contribution in [0.25, 0.3) is 0 Å². The molecule has 0 radical (unpaired) electrons. The maximum absolute atomic E-state index is 13.9. The molecule has 0 spiro atoms. The summed E-state index contributed by atoms with van der Waals surface area (Å²) >= 11 is 1.63. The molecule has 37 heavy (non-hydrogen) atoms. The van der Waals surface area contributed by atoms with Gasteiger partial charge in [0, 0.05) is 11.5 Å². The number of nitrogens with one attached hydrogen (secondary N) is 1. The van der Waals surface area contributed by atoms with Gasteiger partial charge in [0.1, 0.15) is 18.2 Å². The number of thioether (sulfide) groups is 1. The Balaban J connectivity index is 1.82. The highest BCUT2D eigenvalue weighted by molar-refractivity contribution is 7.99. The summed E-state index contributed by atoms with van der Waals surface area (Å²) in [6.07, 6.45) is 1.16. The number of esters is 2. The van der Waals surface area contributed by atoms with Crippen LogP contribution < -0.4 is 5.32 Å². The Labute approximate surface area is 224 Å². The fraction of sp³-hybridized carbons (Fsp3) is 0.483. The fourth-order valence-corrected chi connectivity index (χ4v) is 5.50. The zero-order valence-corrected chi connectivity index (χ0v) is 23.0. The van der Waals surface area contributed by atoms with Gasteiger partial charge in [-0.25, -0.2) is 0 Å². The highest BCUT2D eigenvalue weighted by Crippen LogP contribution is 2.30. The Morgan fingerprint density at radius 2 is 1.70 bits per heavy atom. The number of hydrogen-bond donors (Lipinski definition) is 1. The van der Waals surface area contributed by atoms with Gasteiger partial charge in [0.05, 0.1) is 18.7 Å². The van der Waals surface area contributed by atoms with Gasteiger partial charge >= 0.3 is 11.9 Å². The molecule has 0 saturated carbocycles. The molecule has 1 aliphatic rings. The van der Waals surface area contributed by atoms with E-state index in [4.69, 9.17) is 9.47 Å². The van der Waals surface area contributed by atoms with Gasteiger partial charge < -0.3 is 14.4 Å². The monoisotopic (exact) mass is 526 g/mol. The van der Waals surface area contributed by atoms with Gasteiger partial charge in [-0.1, -0.05) is 60.7 Å². The van der Waals surface area contributed by atoms with Crippen LogP contribution in [0.1, 0.15) is 51.3 Å². The van der Waals surface area contributed by atoms with E-state index in [1.165, 1.54) is 0 Å². The van der Waals surface area contributed by atoms with Crippen molar-refractivity contribution in [1.82, 2.24) is 10.2 Å². The third-order valence-electron chi connectivity index (χ3n) is 5.96. The summed E-state index contributed by atoms with van der Waals surface area (Å²) in [5, 5.41) is 3.29. The van der Waals surface area contributed by atoms with Crippen molar-refractivity contribution in [3.63, 3.8) is 0 Å². The SMILES string of the molecule is CCOC(=O)C(CCc1ccccc1)N[C@H]1CSC[C@@H](c2ccccc2)N(CC(=O)OC(C)(C)C)C1=O. The summed E-state index contributed by atoms with van der Waals surface area (Å²) in [5.74, 6) is 0.0509. The first kappa shape index (κ1) is 28.7. The molecule has 1 fully saturated rings. The molecule has 2 aromatic rings. The van der Waals surface area contributed by atoms with Crippen molar-refractivity contribution in [3.8, 4) is 0 Å². The first-order valence-corrected chi connectivity index (χ1v) is 13.9. The molecule has 1 N–H and O–H groups in total. The van der Waals surface area contributed by atoms with Crippen molar-refractivity contribution < 1.29 is 23.9 Å². The zero-order valence-electron chi connectivity index (χ0n) is 22.1. The summed E-state index contributed by atoms with van der Waals surface area (Å²) in [7, 11) is 0. The Kier molecular flexibility index (Phi) is 10.6. The molecule has 1 aliphatic heterocycles. The summed E-state index contributed by atoms with van der Waals surface area (Å²) in [6.45, 7) is 7.28. The predicted octanol–water partition coefficient (Wildman–Crippen LogP) is 4.17. The Bertz CT molecular complexity index is 1030. The van der Waals surface area contributed by atoms with E-state index in [1.54, 1.807) is 44.4 Å². The second-order valence-corrected chi connectivity index (χ2v) is 11.1. The second-order valence-electron chi connectivity index (χ2n) is 10.1. The van der Waals surface area contributed by atoms with E-state index in [9.17, 15) is 14.4 Å². The largest absolute Gasteiger partial charge is 0.465 e. The van der Waals surface area contributed by atoms with E-state index in [2.05, 4.69) is 5.32 Å². The van der Waals surface area contributed by atoms with Crippen LogP contribution in [-0.4, -0.2) is 65.1 Å². The highest BCUT2D eigenvalue weighted by atomic mass is 32.2. The van der Waals surface area contributed by atoms with E-state index < -0.39 is 23.7 Å². The number of nitrogens with zero attached hydrogens (tertiary/aromatic N) is 1. The third kappa shape index (κ3) is 8.90. The first-order chi connectivity index (χ1) is 17.7. The van der Waals surface area contributed by atoms with Gasteiger partial charge in [-0.2, -0.15) is 11.8 Å². The van der Waals surface area contributed by atoms with E-state index in [-0.39, 0.29) is 31.1 Å². The van der Waals surface area contributed by atoms with Crippen LogP contribution >= 0.6 is 11.8 Å². The molecule has 1 unspecified atom stereocenters. The van der Waals surface area contributed by atoms with Gasteiger partial charge in [0.2, 0.25) is 5.91 Å². The van der Waals surface area contributed by atoms with Gasteiger partial charge in [0.15, 0.2) is 0 Å². The van der Waals surface area contributed by atoms with Crippen molar-refractivity contribution in [3.05, 3.63) is 71.8 Å². The maximum atomic E-state index is 13.9. The average Bonchev–Trinajstić information content (AvgIpc) is 3.00. The smallest absolute Gasteiger partial charge is 0.326 e. The number of carbonyl (C=O) groups excluding carboxylic acids is 3. The van der Waals surface area contributed by atoms with Crippen LogP contribution in [-0.2, 0) is 30.3 Å². The Morgan fingerprint density at radius 1 is 1.05 bits per heavy atom. The standard InChI is InChI=1S/C29H38N2O5S/c1-5-35-28(34)23(17-16-21-12-8-6-9-13-21)30-24-19-37-20-25(22-14-10-7-11-15-22)31(27(24)33)18-26(32)36-29(2,3)4/h6-15,23-25,30H,5,16-20H2,1-4H3/t23?,24-,25-/m0/s1. The molecule has 2 aromatic carbocycles. The minimum atomic E-state index is -0.660. The first-order valence-electron chi connectivity index (χ1n) is 12.8. The van der Waals surface area contributed by atoms with Gasteiger partial charge in [-0.3, -0.25) is 19.7 Å². The number of aryl methyl sites for hydroxylation is 1. The summed E-state index contributed by atoms with van der Waals surface area (Å²) in [4.78, 5) is 41.2. The average molecular weight is 527 g/mol. The summed E-state index contributed by atoms with van der Waals surface area (Å²) in [5.41, 5.74) is 1.40. The summed E-state index contributed by atoms with van der Waals surface area (Å²) < 4.78 is 10.9. The van der Waals surface area contributed by atoms with Gasteiger partial charge in [-0.05, 0) is 51.7 Å². The van der Waals surface area contributed by atoms with Crippen LogP contribution in [0, 0.1) is 0 Å². The predicted molar refractivity (Wildman–Crippen MR) is 146 cm³/mol. The number of carbonyl (C=O) groups is 3. The molecule has 200 valence electrons.